The molecule has 0 amide bonds. The Morgan fingerprint density at radius 1 is 1.19 bits per heavy atom. The molecule has 0 bridgehead atoms. The van der Waals surface area contributed by atoms with Crippen LogP contribution < -0.4 is 14.8 Å². The summed E-state index contributed by atoms with van der Waals surface area (Å²) in [5, 5.41) is 6.73. The van der Waals surface area contributed by atoms with Crippen molar-refractivity contribution >= 4 is 11.3 Å². The first-order chi connectivity index (χ1) is 13.1. The van der Waals surface area contributed by atoms with E-state index >= 15 is 0 Å². The second kappa shape index (κ2) is 7.66. The molecule has 140 valence electrons. The van der Waals surface area contributed by atoms with E-state index < -0.39 is 0 Å². The van der Waals surface area contributed by atoms with Crippen LogP contribution in [0, 0.1) is 12.8 Å². The van der Waals surface area contributed by atoms with Gasteiger partial charge in [-0.25, -0.2) is 4.98 Å². The van der Waals surface area contributed by atoms with Crippen LogP contribution in [0.1, 0.15) is 36.8 Å². The molecule has 1 aliphatic rings. The Labute approximate surface area is 163 Å². The highest BCUT2D eigenvalue weighted by Crippen LogP contribution is 2.36. The van der Waals surface area contributed by atoms with Gasteiger partial charge in [-0.3, -0.25) is 4.98 Å². The molecule has 3 heterocycles. The third-order valence-corrected chi connectivity index (χ3v) is 5.63. The number of pyridine rings is 1. The van der Waals surface area contributed by atoms with Crippen LogP contribution in [0.15, 0.2) is 41.9 Å². The molecule has 1 aliphatic heterocycles. The molecule has 1 atom stereocenters. The molecule has 5 nitrogen and oxygen atoms in total. The van der Waals surface area contributed by atoms with E-state index in [-0.39, 0.29) is 12.8 Å². The van der Waals surface area contributed by atoms with Gasteiger partial charge in [-0.05, 0) is 42.7 Å². The summed E-state index contributed by atoms with van der Waals surface area (Å²) in [4.78, 5) is 9.38. The van der Waals surface area contributed by atoms with E-state index in [1.165, 1.54) is 5.56 Å². The average Bonchev–Trinajstić information content (AvgIpc) is 3.31. The number of hydrogen-bond acceptors (Lipinski definition) is 6. The third kappa shape index (κ3) is 3.82. The highest BCUT2D eigenvalue weighted by atomic mass is 32.1. The third-order valence-electron chi connectivity index (χ3n) is 4.69. The minimum atomic E-state index is 0.196. The summed E-state index contributed by atoms with van der Waals surface area (Å²) < 4.78 is 10.8. The van der Waals surface area contributed by atoms with Crippen LogP contribution in [0.3, 0.4) is 0 Å². The molecule has 1 unspecified atom stereocenters. The smallest absolute Gasteiger partial charge is 0.231 e. The molecule has 1 N–H and O–H groups in total. The predicted molar refractivity (Wildman–Crippen MR) is 107 cm³/mol. The lowest BCUT2D eigenvalue weighted by Gasteiger charge is -2.23. The number of ether oxygens (including phenoxy) is 2. The van der Waals surface area contributed by atoms with Crippen LogP contribution in [0.4, 0.5) is 0 Å². The van der Waals surface area contributed by atoms with Gasteiger partial charge in [0.05, 0.1) is 17.4 Å². The highest BCUT2D eigenvalue weighted by Gasteiger charge is 2.19. The standard InChI is InChI=1S/C21H23N3O2S/c1-13(2)19(20-14(3)5-4-8-22-20)23-10-16-11-27-21(24-16)15-6-7-17-18(9-15)26-12-25-17/h4-9,11,13,19,23H,10,12H2,1-3H3. The fourth-order valence-electron chi connectivity index (χ4n) is 3.24. The quantitative estimate of drug-likeness (QED) is 0.669. The largest absolute Gasteiger partial charge is 0.454 e. The first-order valence-corrected chi connectivity index (χ1v) is 9.99. The minimum Gasteiger partial charge on any atom is -0.454 e. The van der Waals surface area contributed by atoms with Crippen LogP contribution in [0.2, 0.25) is 0 Å². The number of aromatic nitrogens is 2. The number of aryl methyl sites for hydroxylation is 1. The minimum absolute atomic E-state index is 0.196. The first kappa shape index (κ1) is 17.9. The van der Waals surface area contributed by atoms with Gasteiger partial charge in [0, 0.05) is 23.7 Å². The van der Waals surface area contributed by atoms with E-state index in [1.807, 2.05) is 30.5 Å². The number of rotatable bonds is 6. The maximum atomic E-state index is 5.47. The Balaban J connectivity index is 1.48. The number of nitrogens with one attached hydrogen (secondary N) is 1. The second-order valence-corrected chi connectivity index (χ2v) is 7.88. The zero-order chi connectivity index (χ0) is 18.8. The van der Waals surface area contributed by atoms with Crippen molar-refractivity contribution in [1.29, 1.82) is 0 Å². The van der Waals surface area contributed by atoms with Gasteiger partial charge in [0.15, 0.2) is 11.5 Å². The second-order valence-electron chi connectivity index (χ2n) is 7.02. The molecule has 6 heteroatoms. The van der Waals surface area contributed by atoms with Crippen LogP contribution in [0.5, 0.6) is 11.5 Å². The number of hydrogen-bond donors (Lipinski definition) is 1. The maximum Gasteiger partial charge on any atom is 0.231 e. The lowest BCUT2D eigenvalue weighted by Crippen LogP contribution is -2.27. The molecule has 1 aromatic carbocycles. The molecule has 0 aliphatic carbocycles. The predicted octanol–water partition coefficient (Wildman–Crippen LogP) is 4.73. The van der Waals surface area contributed by atoms with Crippen molar-refractivity contribution in [2.75, 3.05) is 6.79 Å². The van der Waals surface area contributed by atoms with E-state index in [9.17, 15) is 0 Å². The van der Waals surface area contributed by atoms with Crippen LogP contribution in [-0.2, 0) is 6.54 Å². The molecule has 0 fully saturated rings. The maximum absolute atomic E-state index is 5.47. The normalized spacial score (nSPS) is 13.9. The van der Waals surface area contributed by atoms with E-state index in [4.69, 9.17) is 14.5 Å². The molecule has 3 aromatic rings. The topological polar surface area (TPSA) is 56.3 Å². The van der Waals surface area contributed by atoms with Gasteiger partial charge in [-0.2, -0.15) is 0 Å². The molecule has 0 saturated carbocycles. The fraction of sp³-hybridized carbons (Fsp3) is 0.333. The van der Waals surface area contributed by atoms with Crippen LogP contribution in [0.25, 0.3) is 10.6 Å². The van der Waals surface area contributed by atoms with Crippen molar-refractivity contribution in [2.45, 2.75) is 33.4 Å². The molecular formula is C21H23N3O2S. The van der Waals surface area contributed by atoms with E-state index in [1.54, 1.807) is 11.3 Å². The monoisotopic (exact) mass is 381 g/mol. The molecule has 27 heavy (non-hydrogen) atoms. The molecule has 0 spiro atoms. The Morgan fingerprint density at radius 3 is 2.85 bits per heavy atom. The van der Waals surface area contributed by atoms with Crippen molar-refractivity contribution in [3.8, 4) is 22.1 Å². The van der Waals surface area contributed by atoms with Gasteiger partial charge >= 0.3 is 0 Å². The van der Waals surface area contributed by atoms with Crippen molar-refractivity contribution in [1.82, 2.24) is 15.3 Å². The van der Waals surface area contributed by atoms with Crippen molar-refractivity contribution < 1.29 is 9.47 Å². The Hall–Kier alpha value is -2.44. The molecule has 2 aromatic heterocycles. The van der Waals surface area contributed by atoms with Gasteiger partial charge in [-0.1, -0.05) is 19.9 Å². The molecule has 0 saturated heterocycles. The fourth-order valence-corrected chi connectivity index (χ4v) is 4.05. The Morgan fingerprint density at radius 2 is 2.04 bits per heavy atom. The van der Waals surface area contributed by atoms with Crippen molar-refractivity contribution in [3.05, 3.63) is 58.9 Å². The van der Waals surface area contributed by atoms with Gasteiger partial charge in [-0.15, -0.1) is 11.3 Å². The summed E-state index contributed by atoms with van der Waals surface area (Å²) in [6, 6.07) is 10.2. The van der Waals surface area contributed by atoms with Crippen molar-refractivity contribution in [2.24, 2.45) is 5.92 Å². The van der Waals surface area contributed by atoms with Crippen LogP contribution >= 0.6 is 11.3 Å². The summed E-state index contributed by atoms with van der Waals surface area (Å²) in [7, 11) is 0. The van der Waals surface area contributed by atoms with E-state index in [0.717, 1.165) is 33.5 Å². The molecule has 4 rings (SSSR count). The van der Waals surface area contributed by atoms with Gasteiger partial charge in [0.2, 0.25) is 6.79 Å². The first-order valence-electron chi connectivity index (χ1n) is 9.11. The summed E-state index contributed by atoms with van der Waals surface area (Å²) in [5.74, 6) is 2.01. The average molecular weight is 382 g/mol. The lowest BCUT2D eigenvalue weighted by molar-refractivity contribution is 0.174. The molecular weight excluding hydrogens is 358 g/mol. The zero-order valence-electron chi connectivity index (χ0n) is 15.7. The Kier molecular flexibility index (Phi) is 5.09. The number of fused-ring (bicyclic) bond motifs is 1. The van der Waals surface area contributed by atoms with Gasteiger partial charge in [0.25, 0.3) is 0 Å². The summed E-state index contributed by atoms with van der Waals surface area (Å²) in [5.41, 5.74) is 4.41. The van der Waals surface area contributed by atoms with Gasteiger partial charge in [0.1, 0.15) is 5.01 Å². The number of nitrogens with zero attached hydrogens (tertiary/aromatic N) is 2. The summed E-state index contributed by atoms with van der Waals surface area (Å²) in [6.07, 6.45) is 1.86. The summed E-state index contributed by atoms with van der Waals surface area (Å²) >= 11 is 1.64. The van der Waals surface area contributed by atoms with E-state index in [2.05, 4.69) is 42.5 Å². The summed E-state index contributed by atoms with van der Waals surface area (Å²) in [6.45, 7) is 7.53. The number of benzene rings is 1. The SMILES string of the molecule is Cc1cccnc1C(NCc1csc(-c2ccc3c(c2)OCO3)n1)C(C)C. The van der Waals surface area contributed by atoms with Crippen LogP contribution in [-0.4, -0.2) is 16.8 Å². The lowest BCUT2D eigenvalue weighted by atomic mass is 9.97. The Bertz CT molecular complexity index is 939. The number of thiazole rings is 1. The molecule has 0 radical (unpaired) electrons. The van der Waals surface area contributed by atoms with Crippen molar-refractivity contribution in [3.63, 3.8) is 0 Å². The highest BCUT2D eigenvalue weighted by molar-refractivity contribution is 7.13. The zero-order valence-corrected chi connectivity index (χ0v) is 16.5. The van der Waals surface area contributed by atoms with E-state index in [0.29, 0.717) is 12.5 Å². The van der Waals surface area contributed by atoms with Gasteiger partial charge < -0.3 is 14.8 Å².